The van der Waals surface area contributed by atoms with Crippen molar-refractivity contribution in [2.45, 2.75) is 52.6 Å². The fourth-order valence-corrected chi connectivity index (χ4v) is 4.54. The number of ketones is 1. The van der Waals surface area contributed by atoms with Gasteiger partial charge in [0.15, 0.2) is 17.3 Å². The Labute approximate surface area is 181 Å². The number of phenolic OH excluding ortho intramolecular Hbond substituents is 1. The van der Waals surface area contributed by atoms with Crippen LogP contribution in [-0.2, 0) is 14.3 Å². The van der Waals surface area contributed by atoms with Crippen molar-refractivity contribution in [3.63, 3.8) is 0 Å². The first-order chi connectivity index (χ1) is 13.9. The molecule has 0 fully saturated rings. The molecular formula is C23H28ClNO5. The summed E-state index contributed by atoms with van der Waals surface area (Å²) in [5.74, 6) is -1.99. The third-order valence-corrected chi connectivity index (χ3v) is 5.77. The number of benzene rings is 1. The van der Waals surface area contributed by atoms with Crippen molar-refractivity contribution in [1.29, 1.82) is 0 Å². The van der Waals surface area contributed by atoms with Crippen LogP contribution < -0.4 is 10.1 Å². The minimum Gasteiger partial charge on any atom is -0.503 e. The monoisotopic (exact) mass is 433 g/mol. The number of phenols is 1. The number of hydrogen-bond acceptors (Lipinski definition) is 6. The molecule has 1 aliphatic heterocycles. The van der Waals surface area contributed by atoms with E-state index >= 15 is 0 Å². The zero-order chi connectivity index (χ0) is 22.4. The Hall–Kier alpha value is -2.47. The van der Waals surface area contributed by atoms with Crippen LogP contribution in [0.4, 0.5) is 0 Å². The Bertz CT molecular complexity index is 947. The van der Waals surface area contributed by atoms with Crippen molar-refractivity contribution >= 4 is 23.4 Å². The molecule has 1 aromatic rings. The minimum atomic E-state index is -0.818. The van der Waals surface area contributed by atoms with E-state index in [2.05, 4.69) is 11.9 Å². The molecule has 2 N–H and O–H groups in total. The highest BCUT2D eigenvalue weighted by Crippen LogP contribution is 2.50. The first-order valence-electron chi connectivity index (χ1n) is 9.94. The summed E-state index contributed by atoms with van der Waals surface area (Å²) in [4.78, 5) is 26.3. The quantitative estimate of drug-likeness (QED) is 0.681. The van der Waals surface area contributed by atoms with E-state index in [4.69, 9.17) is 21.1 Å². The molecule has 0 amide bonds. The highest BCUT2D eigenvalue weighted by Gasteiger charge is 2.47. The van der Waals surface area contributed by atoms with E-state index in [0.29, 0.717) is 29.7 Å². The van der Waals surface area contributed by atoms with Gasteiger partial charge in [-0.15, -0.1) is 0 Å². The number of ether oxygens (including phenoxy) is 2. The van der Waals surface area contributed by atoms with E-state index in [1.54, 1.807) is 26.0 Å². The Morgan fingerprint density at radius 3 is 2.60 bits per heavy atom. The molecule has 6 nitrogen and oxygen atoms in total. The largest absolute Gasteiger partial charge is 0.503 e. The van der Waals surface area contributed by atoms with Crippen molar-refractivity contribution in [1.82, 2.24) is 5.32 Å². The molecule has 0 aromatic heterocycles. The van der Waals surface area contributed by atoms with Crippen LogP contribution in [0.25, 0.3) is 0 Å². The lowest BCUT2D eigenvalue weighted by Gasteiger charge is -2.42. The van der Waals surface area contributed by atoms with Gasteiger partial charge in [-0.25, -0.2) is 0 Å². The van der Waals surface area contributed by atoms with Gasteiger partial charge in [0.1, 0.15) is 5.92 Å². The van der Waals surface area contributed by atoms with E-state index in [1.807, 2.05) is 13.8 Å². The standard InChI is InChI=1S/C23H28ClNO5/c1-11(2)30-22(28)18-12(3)25-15-9-23(4,5)10-16(26)20(15)19(18)13-7-14(24)21(27)17(8-13)29-6/h7-8,11,18-19,25,27H,3,9-10H2,1-2,4-6H3. The normalized spacial score (nSPS) is 23.2. The van der Waals surface area contributed by atoms with Crippen LogP contribution in [0.1, 0.15) is 52.0 Å². The van der Waals surface area contributed by atoms with E-state index < -0.39 is 17.8 Å². The Kier molecular flexibility index (Phi) is 5.92. The predicted molar refractivity (Wildman–Crippen MR) is 114 cm³/mol. The molecule has 0 bridgehead atoms. The van der Waals surface area contributed by atoms with Gasteiger partial charge in [0.2, 0.25) is 0 Å². The van der Waals surface area contributed by atoms with Crippen molar-refractivity contribution in [2.24, 2.45) is 11.3 Å². The molecule has 1 aliphatic carbocycles. The Morgan fingerprint density at radius 1 is 1.33 bits per heavy atom. The highest BCUT2D eigenvalue weighted by molar-refractivity contribution is 6.32. The first-order valence-corrected chi connectivity index (χ1v) is 10.3. The van der Waals surface area contributed by atoms with Gasteiger partial charge in [0, 0.05) is 29.3 Å². The summed E-state index contributed by atoms with van der Waals surface area (Å²) in [6.07, 6.45) is 0.699. The number of nitrogens with one attached hydrogen (secondary N) is 1. The maximum Gasteiger partial charge on any atom is 0.316 e. The number of halogens is 1. The van der Waals surface area contributed by atoms with Gasteiger partial charge in [-0.05, 0) is 43.4 Å². The number of hydrogen-bond donors (Lipinski definition) is 2. The van der Waals surface area contributed by atoms with Gasteiger partial charge in [-0.1, -0.05) is 32.0 Å². The second-order valence-electron chi connectivity index (χ2n) is 8.98. The summed E-state index contributed by atoms with van der Waals surface area (Å²) in [7, 11) is 1.42. The summed E-state index contributed by atoms with van der Waals surface area (Å²) >= 11 is 6.24. The highest BCUT2D eigenvalue weighted by atomic mass is 35.5. The van der Waals surface area contributed by atoms with Crippen LogP contribution in [0, 0.1) is 11.3 Å². The van der Waals surface area contributed by atoms with Gasteiger partial charge in [0.25, 0.3) is 0 Å². The molecule has 0 radical (unpaired) electrons. The number of Topliss-reactive ketones (excluding diaryl/α,β-unsaturated/α-hetero) is 1. The molecular weight excluding hydrogens is 406 g/mol. The molecule has 3 rings (SSSR count). The van der Waals surface area contributed by atoms with E-state index in [0.717, 1.165) is 5.70 Å². The number of carbonyl (C=O) groups is 2. The fourth-order valence-electron chi connectivity index (χ4n) is 4.32. The summed E-state index contributed by atoms with van der Waals surface area (Å²) in [5.41, 5.74) is 2.16. The lowest BCUT2D eigenvalue weighted by molar-refractivity contribution is -0.151. The fraction of sp³-hybridized carbons (Fsp3) is 0.478. The smallest absolute Gasteiger partial charge is 0.316 e. The van der Waals surface area contributed by atoms with Gasteiger partial charge in [-0.2, -0.15) is 0 Å². The second kappa shape index (κ2) is 7.99. The Morgan fingerprint density at radius 2 is 2.00 bits per heavy atom. The van der Waals surface area contributed by atoms with E-state index in [-0.39, 0.29) is 33.8 Å². The van der Waals surface area contributed by atoms with E-state index in [1.165, 1.54) is 7.11 Å². The molecule has 1 aromatic carbocycles. The number of esters is 1. The average Bonchev–Trinajstić information content (AvgIpc) is 2.60. The van der Waals surface area contributed by atoms with Crippen LogP contribution in [-0.4, -0.2) is 30.1 Å². The van der Waals surface area contributed by atoms with Crippen LogP contribution in [0.15, 0.2) is 35.7 Å². The minimum absolute atomic E-state index is 0.0308. The molecule has 162 valence electrons. The second-order valence-corrected chi connectivity index (χ2v) is 9.39. The molecule has 2 aliphatic rings. The number of allylic oxidation sites excluding steroid dienone is 2. The Balaban J connectivity index is 2.23. The number of rotatable bonds is 4. The molecule has 1 heterocycles. The predicted octanol–water partition coefficient (Wildman–Crippen LogP) is 4.47. The topological polar surface area (TPSA) is 84.9 Å². The van der Waals surface area contributed by atoms with Crippen LogP contribution in [0.2, 0.25) is 5.02 Å². The van der Waals surface area contributed by atoms with Gasteiger partial charge in [-0.3, -0.25) is 9.59 Å². The summed E-state index contributed by atoms with van der Waals surface area (Å²) in [6.45, 7) is 11.7. The van der Waals surface area contributed by atoms with Gasteiger partial charge >= 0.3 is 5.97 Å². The van der Waals surface area contributed by atoms with E-state index in [9.17, 15) is 14.7 Å². The third kappa shape index (κ3) is 4.06. The summed E-state index contributed by atoms with van der Waals surface area (Å²) < 4.78 is 10.7. The van der Waals surface area contributed by atoms with Crippen molar-refractivity contribution < 1.29 is 24.2 Å². The number of aromatic hydroxyl groups is 1. The first kappa shape index (κ1) is 22.2. The molecule has 2 unspecified atom stereocenters. The zero-order valence-corrected chi connectivity index (χ0v) is 18.7. The lowest BCUT2D eigenvalue weighted by atomic mass is 9.66. The maximum absolute atomic E-state index is 13.2. The zero-order valence-electron chi connectivity index (χ0n) is 18.0. The maximum atomic E-state index is 13.2. The van der Waals surface area contributed by atoms with Crippen LogP contribution in [0.5, 0.6) is 11.5 Å². The number of carbonyl (C=O) groups excluding carboxylic acids is 2. The van der Waals surface area contributed by atoms with Crippen LogP contribution in [0.3, 0.4) is 0 Å². The van der Waals surface area contributed by atoms with Gasteiger partial charge < -0.3 is 19.9 Å². The lowest BCUT2D eigenvalue weighted by Crippen LogP contribution is -2.44. The average molecular weight is 434 g/mol. The van der Waals surface area contributed by atoms with Crippen molar-refractivity contribution in [3.05, 3.63) is 46.3 Å². The SMILES string of the molecule is C=C1NC2=C(C(=O)CC(C)(C)C2)C(c2cc(Cl)c(O)c(OC)c2)C1C(=O)OC(C)C. The summed E-state index contributed by atoms with van der Waals surface area (Å²) in [5, 5.41) is 13.5. The molecule has 0 saturated carbocycles. The summed E-state index contributed by atoms with van der Waals surface area (Å²) in [6, 6.07) is 3.17. The number of methoxy groups -OCH3 is 1. The van der Waals surface area contributed by atoms with Crippen molar-refractivity contribution in [2.75, 3.05) is 7.11 Å². The third-order valence-electron chi connectivity index (χ3n) is 5.49. The van der Waals surface area contributed by atoms with Gasteiger partial charge in [0.05, 0.1) is 18.2 Å². The molecule has 2 atom stereocenters. The molecule has 7 heteroatoms. The molecule has 0 spiro atoms. The molecule has 0 saturated heterocycles. The molecule has 30 heavy (non-hydrogen) atoms. The van der Waals surface area contributed by atoms with Crippen molar-refractivity contribution in [3.8, 4) is 11.5 Å². The van der Waals surface area contributed by atoms with Crippen LogP contribution >= 0.6 is 11.6 Å².